The lowest BCUT2D eigenvalue weighted by molar-refractivity contribution is 0.460. The number of hydrogen-bond acceptors (Lipinski definition) is 2. The van der Waals surface area contributed by atoms with Crippen LogP contribution in [0.25, 0.3) is 0 Å². The van der Waals surface area contributed by atoms with Crippen molar-refractivity contribution in [2.45, 2.75) is 39.2 Å². The van der Waals surface area contributed by atoms with Crippen LogP contribution in [0.2, 0.25) is 0 Å². The third-order valence-electron chi connectivity index (χ3n) is 1.34. The van der Waals surface area contributed by atoms with Gasteiger partial charge in [0, 0.05) is 0 Å². The molecule has 0 aromatic heterocycles. The zero-order valence-electron chi connectivity index (χ0n) is 8.31. The van der Waals surface area contributed by atoms with E-state index in [1.54, 1.807) is 0 Å². The Hall–Kier alpha value is 0.700. The minimum absolute atomic E-state index is 0.446. The molecule has 0 spiro atoms. The second kappa shape index (κ2) is 5.36. The van der Waals surface area contributed by atoms with Gasteiger partial charge in [-0.1, -0.05) is 34.6 Å². The van der Waals surface area contributed by atoms with E-state index in [2.05, 4.69) is 58.1 Å². The van der Waals surface area contributed by atoms with Crippen molar-refractivity contribution < 1.29 is 0 Å². The molecule has 0 radical (unpaired) electrons. The van der Waals surface area contributed by atoms with Crippen LogP contribution < -0.4 is 0 Å². The van der Waals surface area contributed by atoms with Gasteiger partial charge in [0.2, 0.25) is 0 Å². The summed E-state index contributed by atoms with van der Waals surface area (Å²) in [4.78, 5) is 0. The molecule has 0 aromatic rings. The van der Waals surface area contributed by atoms with E-state index in [0.717, 1.165) is 4.58 Å². The molecular formula is C9H20S2. The highest BCUT2D eigenvalue weighted by atomic mass is 32.2. The first kappa shape index (κ1) is 11.7. The fourth-order valence-electron chi connectivity index (χ4n) is 0.851. The average Bonchev–Trinajstić information content (AvgIpc) is 1.85. The molecule has 68 valence electrons. The second-order valence-corrected chi connectivity index (χ2v) is 6.67. The van der Waals surface area contributed by atoms with Crippen molar-refractivity contribution in [3.63, 3.8) is 0 Å². The Morgan fingerprint density at radius 2 is 1.36 bits per heavy atom. The minimum atomic E-state index is 0.446. The topological polar surface area (TPSA) is 0 Å². The van der Waals surface area contributed by atoms with Crippen LogP contribution in [0.5, 0.6) is 0 Å². The summed E-state index contributed by atoms with van der Waals surface area (Å²) < 4.78 is 0.762. The lowest BCUT2D eigenvalue weighted by Gasteiger charge is -2.28. The fourth-order valence-corrected chi connectivity index (χ4v) is 3.66. The molecule has 0 aliphatic rings. The van der Waals surface area contributed by atoms with Crippen LogP contribution in [0, 0.1) is 5.41 Å². The van der Waals surface area contributed by atoms with Crippen LogP contribution in [0.4, 0.5) is 0 Å². The second-order valence-electron chi connectivity index (χ2n) is 3.61. The number of hydrogen-bond donors (Lipinski definition) is 0. The van der Waals surface area contributed by atoms with Crippen LogP contribution in [0.1, 0.15) is 34.6 Å². The SMILES string of the molecule is CCSC(SCC)C(C)(C)C. The smallest absolute Gasteiger partial charge is 0.0550 e. The van der Waals surface area contributed by atoms with Gasteiger partial charge in [-0.3, -0.25) is 0 Å². The largest absolute Gasteiger partial charge is 0.147 e. The molecule has 0 nitrogen and oxygen atoms in total. The van der Waals surface area contributed by atoms with Crippen molar-refractivity contribution in [1.82, 2.24) is 0 Å². The summed E-state index contributed by atoms with van der Waals surface area (Å²) in [6.45, 7) is 11.4. The summed E-state index contributed by atoms with van der Waals surface area (Å²) in [6, 6.07) is 0. The Morgan fingerprint density at radius 1 is 1.00 bits per heavy atom. The maximum Gasteiger partial charge on any atom is 0.0550 e. The molecule has 0 saturated carbocycles. The van der Waals surface area contributed by atoms with Gasteiger partial charge in [0.05, 0.1) is 4.58 Å². The first-order valence-corrected chi connectivity index (χ1v) is 6.35. The highest BCUT2D eigenvalue weighted by molar-refractivity contribution is 8.17. The predicted octanol–water partition coefficient (Wildman–Crippen LogP) is 3.86. The Labute approximate surface area is 79.9 Å². The zero-order valence-corrected chi connectivity index (χ0v) is 9.94. The summed E-state index contributed by atoms with van der Waals surface area (Å²) in [5.74, 6) is 2.46. The van der Waals surface area contributed by atoms with E-state index in [9.17, 15) is 0 Å². The molecule has 0 rings (SSSR count). The standard InChI is InChI=1S/C9H20S2/c1-6-10-8(11-7-2)9(3,4)5/h8H,6-7H2,1-5H3. The van der Waals surface area contributed by atoms with Gasteiger partial charge in [0.1, 0.15) is 0 Å². The van der Waals surface area contributed by atoms with Crippen molar-refractivity contribution in [3.8, 4) is 0 Å². The number of thioether (sulfide) groups is 2. The molecule has 0 unspecified atom stereocenters. The van der Waals surface area contributed by atoms with Crippen molar-refractivity contribution in [2.24, 2.45) is 5.41 Å². The van der Waals surface area contributed by atoms with Crippen LogP contribution in [0.3, 0.4) is 0 Å². The quantitative estimate of drug-likeness (QED) is 0.620. The first-order chi connectivity index (χ1) is 5.02. The summed E-state index contributed by atoms with van der Waals surface area (Å²) >= 11 is 4.14. The summed E-state index contributed by atoms with van der Waals surface area (Å²) in [5, 5.41) is 0. The van der Waals surface area contributed by atoms with E-state index in [4.69, 9.17) is 0 Å². The van der Waals surface area contributed by atoms with Gasteiger partial charge < -0.3 is 0 Å². The molecule has 0 atom stereocenters. The van der Waals surface area contributed by atoms with Crippen LogP contribution >= 0.6 is 23.5 Å². The monoisotopic (exact) mass is 192 g/mol. The van der Waals surface area contributed by atoms with Gasteiger partial charge in [0.15, 0.2) is 0 Å². The van der Waals surface area contributed by atoms with Crippen LogP contribution in [-0.4, -0.2) is 16.1 Å². The van der Waals surface area contributed by atoms with E-state index < -0.39 is 0 Å². The fraction of sp³-hybridized carbons (Fsp3) is 1.00. The molecule has 11 heavy (non-hydrogen) atoms. The number of rotatable bonds is 4. The Morgan fingerprint density at radius 3 is 1.55 bits per heavy atom. The minimum Gasteiger partial charge on any atom is -0.147 e. The third kappa shape index (κ3) is 5.02. The molecule has 0 aromatic carbocycles. The maximum atomic E-state index is 2.32. The van der Waals surface area contributed by atoms with Gasteiger partial charge in [-0.15, -0.1) is 23.5 Å². The van der Waals surface area contributed by atoms with E-state index >= 15 is 0 Å². The summed E-state index contributed by atoms with van der Waals surface area (Å²) in [6.07, 6.45) is 0. The maximum absolute atomic E-state index is 2.32. The first-order valence-electron chi connectivity index (χ1n) is 4.25. The van der Waals surface area contributed by atoms with Crippen LogP contribution in [-0.2, 0) is 0 Å². The normalized spacial score (nSPS) is 12.5. The van der Waals surface area contributed by atoms with Crippen molar-refractivity contribution >= 4 is 23.5 Å². The van der Waals surface area contributed by atoms with Crippen molar-refractivity contribution in [2.75, 3.05) is 11.5 Å². The highest BCUT2D eigenvalue weighted by Gasteiger charge is 2.23. The molecule has 0 amide bonds. The van der Waals surface area contributed by atoms with E-state index in [1.807, 2.05) is 0 Å². The van der Waals surface area contributed by atoms with Gasteiger partial charge in [-0.25, -0.2) is 0 Å². The van der Waals surface area contributed by atoms with Crippen LogP contribution in [0.15, 0.2) is 0 Å². The Balaban J connectivity index is 3.88. The predicted molar refractivity (Wildman–Crippen MR) is 59.5 cm³/mol. The summed E-state index contributed by atoms with van der Waals surface area (Å²) in [5.41, 5.74) is 0.446. The molecule has 0 bridgehead atoms. The Bertz CT molecular complexity index is 88.2. The van der Waals surface area contributed by atoms with Crippen molar-refractivity contribution in [3.05, 3.63) is 0 Å². The lowest BCUT2D eigenvalue weighted by atomic mass is 10.0. The highest BCUT2D eigenvalue weighted by Crippen LogP contribution is 2.38. The zero-order chi connectivity index (χ0) is 8.91. The van der Waals surface area contributed by atoms with Crippen molar-refractivity contribution in [1.29, 1.82) is 0 Å². The molecule has 2 heteroatoms. The molecule has 0 fully saturated rings. The van der Waals surface area contributed by atoms with Gasteiger partial charge in [0.25, 0.3) is 0 Å². The molecular weight excluding hydrogens is 172 g/mol. The molecule has 0 aliphatic heterocycles. The lowest BCUT2D eigenvalue weighted by Crippen LogP contribution is -2.20. The molecule has 0 aliphatic carbocycles. The molecule has 0 saturated heterocycles. The summed E-state index contributed by atoms with van der Waals surface area (Å²) in [7, 11) is 0. The van der Waals surface area contributed by atoms with Gasteiger partial charge >= 0.3 is 0 Å². The Kier molecular flexibility index (Phi) is 5.71. The molecule has 0 N–H and O–H groups in total. The van der Waals surface area contributed by atoms with E-state index in [1.165, 1.54) is 11.5 Å². The van der Waals surface area contributed by atoms with Gasteiger partial charge in [-0.2, -0.15) is 0 Å². The third-order valence-corrected chi connectivity index (χ3v) is 4.85. The van der Waals surface area contributed by atoms with E-state index in [0.29, 0.717) is 5.41 Å². The van der Waals surface area contributed by atoms with Gasteiger partial charge in [-0.05, 0) is 16.9 Å². The average molecular weight is 192 g/mol. The molecule has 0 heterocycles. The van der Waals surface area contributed by atoms with E-state index in [-0.39, 0.29) is 0 Å².